The molecular formula is C22H28ClN3. The molecule has 1 heterocycles. The predicted octanol–water partition coefficient (Wildman–Crippen LogP) is 5.32. The quantitative estimate of drug-likeness (QED) is 0.775. The number of aromatic nitrogens is 2. The molecule has 2 aliphatic carbocycles. The van der Waals surface area contributed by atoms with E-state index in [-0.39, 0.29) is 0 Å². The van der Waals surface area contributed by atoms with Crippen molar-refractivity contribution >= 4 is 11.6 Å². The van der Waals surface area contributed by atoms with Gasteiger partial charge >= 0.3 is 0 Å². The van der Waals surface area contributed by atoms with Gasteiger partial charge in [-0.15, -0.1) is 0 Å². The number of hydrogen-bond acceptors (Lipinski definition) is 3. The van der Waals surface area contributed by atoms with Crippen LogP contribution in [0.1, 0.15) is 68.3 Å². The summed E-state index contributed by atoms with van der Waals surface area (Å²) in [4.78, 5) is 9.01. The molecule has 0 bridgehead atoms. The summed E-state index contributed by atoms with van der Waals surface area (Å²) >= 11 is 6.10. The lowest BCUT2D eigenvalue weighted by Crippen LogP contribution is -2.57. The molecule has 2 fully saturated rings. The van der Waals surface area contributed by atoms with E-state index >= 15 is 0 Å². The van der Waals surface area contributed by atoms with Crippen LogP contribution in [0, 0.1) is 11.8 Å². The maximum Gasteiger partial charge on any atom is 0.130 e. The first kappa shape index (κ1) is 17.9. The largest absolute Gasteiger partial charge is 0.309 e. The van der Waals surface area contributed by atoms with E-state index in [2.05, 4.69) is 41.3 Å². The molecule has 138 valence electrons. The van der Waals surface area contributed by atoms with Gasteiger partial charge in [0, 0.05) is 47.4 Å². The topological polar surface area (TPSA) is 37.8 Å². The van der Waals surface area contributed by atoms with Crippen LogP contribution < -0.4 is 5.32 Å². The molecule has 1 aromatic heterocycles. The molecule has 0 amide bonds. The fourth-order valence-corrected chi connectivity index (χ4v) is 5.00. The summed E-state index contributed by atoms with van der Waals surface area (Å²) in [6.07, 6.45) is 9.42. The Morgan fingerprint density at radius 1 is 1.04 bits per heavy atom. The van der Waals surface area contributed by atoms with E-state index in [0.29, 0.717) is 17.9 Å². The summed E-state index contributed by atoms with van der Waals surface area (Å²) in [5.74, 6) is 3.53. The van der Waals surface area contributed by atoms with Crippen LogP contribution in [-0.2, 0) is 6.54 Å². The molecule has 2 saturated carbocycles. The monoisotopic (exact) mass is 369 g/mol. The van der Waals surface area contributed by atoms with Crippen LogP contribution in [0.4, 0.5) is 0 Å². The average Bonchev–Trinajstić information content (AvgIpc) is 2.65. The van der Waals surface area contributed by atoms with Crippen molar-refractivity contribution in [2.24, 2.45) is 11.8 Å². The van der Waals surface area contributed by atoms with Crippen LogP contribution in [0.25, 0.3) is 0 Å². The highest BCUT2D eigenvalue weighted by atomic mass is 35.5. The maximum atomic E-state index is 6.10. The SMILES string of the molecule is CC(C)c1ncc(CN[C@@H]2[C@H]3CCCC[C@H]3[C@H]2c2ccc(Cl)cc2)cn1. The lowest BCUT2D eigenvalue weighted by Gasteiger charge is -2.55. The second kappa shape index (κ2) is 7.66. The molecule has 0 saturated heterocycles. The minimum absolute atomic E-state index is 0.376. The Hall–Kier alpha value is -1.45. The standard InChI is InChI=1S/C22H28ClN3/c1-14(2)22-25-12-15(13-26-22)11-24-21-19-6-4-3-5-18(19)20(21)16-7-9-17(23)10-8-16/h7-10,12-14,18-21,24H,3-6,11H2,1-2H3/t18-,19+,20-,21-/m1/s1. The smallest absolute Gasteiger partial charge is 0.130 e. The van der Waals surface area contributed by atoms with Crippen LogP contribution in [0.5, 0.6) is 0 Å². The average molecular weight is 370 g/mol. The van der Waals surface area contributed by atoms with E-state index in [1.807, 2.05) is 24.5 Å². The second-order valence-corrected chi connectivity index (χ2v) is 8.64. The van der Waals surface area contributed by atoms with E-state index in [9.17, 15) is 0 Å². The predicted molar refractivity (Wildman–Crippen MR) is 106 cm³/mol. The van der Waals surface area contributed by atoms with Crippen molar-refractivity contribution in [2.75, 3.05) is 0 Å². The number of rotatable bonds is 5. The molecule has 3 nitrogen and oxygen atoms in total. The molecule has 2 aliphatic rings. The lowest BCUT2D eigenvalue weighted by atomic mass is 9.53. The fourth-order valence-electron chi connectivity index (χ4n) is 4.87. The number of nitrogens with one attached hydrogen (secondary N) is 1. The molecule has 26 heavy (non-hydrogen) atoms. The number of benzene rings is 1. The zero-order valence-electron chi connectivity index (χ0n) is 15.7. The van der Waals surface area contributed by atoms with Crippen molar-refractivity contribution in [3.05, 3.63) is 58.6 Å². The summed E-state index contributed by atoms with van der Waals surface area (Å²) in [6, 6.07) is 9.04. The molecule has 4 atom stereocenters. The van der Waals surface area contributed by atoms with Gasteiger partial charge in [-0.1, -0.05) is 50.4 Å². The van der Waals surface area contributed by atoms with Crippen molar-refractivity contribution in [1.29, 1.82) is 0 Å². The second-order valence-electron chi connectivity index (χ2n) is 8.20. The summed E-state index contributed by atoms with van der Waals surface area (Å²) in [6.45, 7) is 5.10. The third-order valence-corrected chi connectivity index (χ3v) is 6.47. The Labute approximate surface area is 161 Å². The Morgan fingerprint density at radius 2 is 1.69 bits per heavy atom. The molecular weight excluding hydrogens is 342 g/mol. The number of hydrogen-bond donors (Lipinski definition) is 1. The van der Waals surface area contributed by atoms with Gasteiger partial charge in [0.2, 0.25) is 0 Å². The van der Waals surface area contributed by atoms with Crippen LogP contribution in [0.2, 0.25) is 5.02 Å². The Balaban J connectivity index is 1.46. The Kier molecular flexibility index (Phi) is 5.28. The number of fused-ring (bicyclic) bond motifs is 1. The van der Waals surface area contributed by atoms with E-state index in [1.165, 1.54) is 36.8 Å². The van der Waals surface area contributed by atoms with Crippen molar-refractivity contribution in [1.82, 2.24) is 15.3 Å². The zero-order chi connectivity index (χ0) is 18.1. The lowest BCUT2D eigenvalue weighted by molar-refractivity contribution is 0.0254. The van der Waals surface area contributed by atoms with Crippen molar-refractivity contribution in [3.8, 4) is 0 Å². The highest BCUT2D eigenvalue weighted by Gasteiger charge is 2.50. The van der Waals surface area contributed by atoms with Crippen LogP contribution in [0.3, 0.4) is 0 Å². The van der Waals surface area contributed by atoms with Gasteiger partial charge < -0.3 is 5.32 Å². The van der Waals surface area contributed by atoms with Crippen molar-refractivity contribution in [3.63, 3.8) is 0 Å². The first-order chi connectivity index (χ1) is 12.6. The highest BCUT2D eigenvalue weighted by Crippen LogP contribution is 2.54. The first-order valence-corrected chi connectivity index (χ1v) is 10.3. The van der Waals surface area contributed by atoms with Gasteiger partial charge in [0.05, 0.1) is 0 Å². The maximum absolute atomic E-state index is 6.10. The van der Waals surface area contributed by atoms with Gasteiger partial charge in [0.1, 0.15) is 5.82 Å². The Morgan fingerprint density at radius 3 is 2.35 bits per heavy atom. The normalized spacial score (nSPS) is 27.8. The molecule has 2 aromatic rings. The van der Waals surface area contributed by atoms with E-state index in [1.54, 1.807) is 0 Å². The van der Waals surface area contributed by atoms with E-state index in [4.69, 9.17) is 11.6 Å². The van der Waals surface area contributed by atoms with E-state index in [0.717, 1.165) is 29.2 Å². The highest BCUT2D eigenvalue weighted by molar-refractivity contribution is 6.30. The van der Waals surface area contributed by atoms with Gasteiger partial charge in [-0.3, -0.25) is 0 Å². The van der Waals surface area contributed by atoms with Crippen LogP contribution in [-0.4, -0.2) is 16.0 Å². The van der Waals surface area contributed by atoms with Gasteiger partial charge in [-0.05, 0) is 42.4 Å². The Bertz CT molecular complexity index is 726. The fraction of sp³-hybridized carbons (Fsp3) is 0.545. The van der Waals surface area contributed by atoms with Gasteiger partial charge in [-0.25, -0.2) is 9.97 Å². The summed E-state index contributed by atoms with van der Waals surface area (Å²) in [7, 11) is 0. The third kappa shape index (κ3) is 3.52. The van der Waals surface area contributed by atoms with Crippen LogP contribution >= 0.6 is 11.6 Å². The minimum Gasteiger partial charge on any atom is -0.309 e. The molecule has 0 spiro atoms. The molecule has 0 aliphatic heterocycles. The zero-order valence-corrected chi connectivity index (χ0v) is 16.4. The molecule has 0 unspecified atom stereocenters. The summed E-state index contributed by atoms with van der Waals surface area (Å²) < 4.78 is 0. The van der Waals surface area contributed by atoms with Gasteiger partial charge in [-0.2, -0.15) is 0 Å². The minimum atomic E-state index is 0.376. The van der Waals surface area contributed by atoms with E-state index < -0.39 is 0 Å². The van der Waals surface area contributed by atoms with Crippen molar-refractivity contribution in [2.45, 2.75) is 64.0 Å². The first-order valence-electron chi connectivity index (χ1n) is 9.93. The van der Waals surface area contributed by atoms with Crippen LogP contribution in [0.15, 0.2) is 36.7 Å². The summed E-state index contributed by atoms with van der Waals surface area (Å²) in [5.41, 5.74) is 2.60. The molecule has 1 aromatic carbocycles. The number of nitrogens with zero attached hydrogens (tertiary/aromatic N) is 2. The molecule has 0 radical (unpaired) electrons. The van der Waals surface area contributed by atoms with Gasteiger partial charge in [0.25, 0.3) is 0 Å². The molecule has 1 N–H and O–H groups in total. The van der Waals surface area contributed by atoms with Gasteiger partial charge in [0.15, 0.2) is 0 Å². The third-order valence-electron chi connectivity index (χ3n) is 6.22. The van der Waals surface area contributed by atoms with Crippen molar-refractivity contribution < 1.29 is 0 Å². The summed E-state index contributed by atoms with van der Waals surface area (Å²) in [5, 5.41) is 4.65. The number of halogens is 1. The molecule has 4 rings (SSSR count). The molecule has 4 heteroatoms.